The number of aliphatic hydroxyl groups is 2. The average Bonchev–Trinajstić information content (AvgIpc) is 1.82. The van der Waals surface area contributed by atoms with Crippen molar-refractivity contribution in [2.24, 2.45) is 10.7 Å². The van der Waals surface area contributed by atoms with Crippen LogP contribution in [-0.4, -0.2) is 34.4 Å². The molecule has 0 aromatic heterocycles. The van der Waals surface area contributed by atoms with E-state index in [9.17, 15) is 4.79 Å². The van der Waals surface area contributed by atoms with Crippen LogP contribution in [0.2, 0.25) is 0 Å². The Morgan fingerprint density at radius 3 is 2.70 bits per heavy atom. The third kappa shape index (κ3) is 1.07. The third-order valence-corrected chi connectivity index (χ3v) is 1.10. The molecule has 0 fully saturated rings. The van der Waals surface area contributed by atoms with Gasteiger partial charge in [-0.2, -0.15) is 4.99 Å². The van der Waals surface area contributed by atoms with Crippen molar-refractivity contribution in [1.82, 2.24) is 5.32 Å². The highest BCUT2D eigenvalue weighted by Gasteiger charge is 2.26. The van der Waals surface area contributed by atoms with E-state index in [2.05, 4.69) is 4.99 Å². The standard InChI is InChI=1S/C4H7N3O3/c5-2-1(8)3(9)7-4(10)6-2/h1,3,8-9H,(H3,5,6,7,10). The van der Waals surface area contributed by atoms with Crippen LogP contribution in [0, 0.1) is 0 Å². The highest BCUT2D eigenvalue weighted by Crippen LogP contribution is 1.97. The molecule has 0 aromatic carbocycles. The minimum Gasteiger partial charge on any atom is -0.385 e. The van der Waals surface area contributed by atoms with Crippen LogP contribution in [0.15, 0.2) is 4.99 Å². The second-order valence-corrected chi connectivity index (χ2v) is 1.88. The average molecular weight is 145 g/mol. The Kier molecular flexibility index (Phi) is 1.56. The smallest absolute Gasteiger partial charge is 0.344 e. The lowest BCUT2D eigenvalue weighted by Crippen LogP contribution is -2.53. The lowest BCUT2D eigenvalue weighted by atomic mass is 10.2. The summed E-state index contributed by atoms with van der Waals surface area (Å²) in [6.45, 7) is 0. The molecule has 2 amide bonds. The highest BCUT2D eigenvalue weighted by atomic mass is 16.3. The second kappa shape index (κ2) is 2.24. The van der Waals surface area contributed by atoms with Crippen LogP contribution in [0.4, 0.5) is 4.79 Å². The van der Waals surface area contributed by atoms with Gasteiger partial charge in [-0.05, 0) is 0 Å². The van der Waals surface area contributed by atoms with Crippen LogP contribution in [0.3, 0.4) is 0 Å². The van der Waals surface area contributed by atoms with E-state index >= 15 is 0 Å². The lowest BCUT2D eigenvalue weighted by molar-refractivity contribution is 0.0398. The Morgan fingerprint density at radius 1 is 1.60 bits per heavy atom. The van der Waals surface area contributed by atoms with Gasteiger partial charge in [-0.25, -0.2) is 4.79 Å². The summed E-state index contributed by atoms with van der Waals surface area (Å²) >= 11 is 0. The number of amides is 2. The molecular formula is C4H7N3O3. The Hall–Kier alpha value is -1.14. The number of rotatable bonds is 0. The van der Waals surface area contributed by atoms with Crippen molar-refractivity contribution in [3.8, 4) is 0 Å². The molecule has 5 N–H and O–H groups in total. The van der Waals surface area contributed by atoms with E-state index in [0.29, 0.717) is 0 Å². The molecule has 0 saturated carbocycles. The minimum absolute atomic E-state index is 0.267. The van der Waals surface area contributed by atoms with Gasteiger partial charge in [-0.15, -0.1) is 0 Å². The zero-order valence-corrected chi connectivity index (χ0v) is 4.98. The maximum absolute atomic E-state index is 10.4. The van der Waals surface area contributed by atoms with Crippen molar-refractivity contribution in [2.75, 3.05) is 0 Å². The zero-order valence-electron chi connectivity index (χ0n) is 4.98. The van der Waals surface area contributed by atoms with E-state index in [4.69, 9.17) is 15.9 Å². The molecule has 1 heterocycles. The summed E-state index contributed by atoms with van der Waals surface area (Å²) in [5.41, 5.74) is 5.04. The van der Waals surface area contributed by atoms with Crippen LogP contribution >= 0.6 is 0 Å². The van der Waals surface area contributed by atoms with Gasteiger partial charge in [0, 0.05) is 0 Å². The Balaban J connectivity index is 2.80. The third-order valence-electron chi connectivity index (χ3n) is 1.10. The fourth-order valence-corrected chi connectivity index (χ4v) is 0.583. The summed E-state index contributed by atoms with van der Waals surface area (Å²) in [5, 5.41) is 19.6. The minimum atomic E-state index is -1.34. The summed E-state index contributed by atoms with van der Waals surface area (Å²) in [6, 6.07) is -0.740. The number of hydrogen-bond acceptors (Lipinski definition) is 4. The first-order valence-corrected chi connectivity index (χ1v) is 2.62. The molecule has 0 aromatic rings. The van der Waals surface area contributed by atoms with Gasteiger partial charge in [0.05, 0.1) is 0 Å². The first-order chi connectivity index (χ1) is 4.61. The molecule has 0 radical (unpaired) electrons. The molecule has 10 heavy (non-hydrogen) atoms. The van der Waals surface area contributed by atoms with Crippen LogP contribution in [0.5, 0.6) is 0 Å². The van der Waals surface area contributed by atoms with Crippen molar-refractivity contribution in [3.05, 3.63) is 0 Å². The highest BCUT2D eigenvalue weighted by molar-refractivity contribution is 5.98. The number of nitrogens with zero attached hydrogens (tertiary/aromatic N) is 1. The molecule has 1 rings (SSSR count). The molecule has 1 aliphatic rings. The van der Waals surface area contributed by atoms with Gasteiger partial charge in [-0.1, -0.05) is 0 Å². The number of carbonyl (C=O) groups excluding carboxylic acids is 1. The number of aliphatic imine (C=N–C) groups is 1. The van der Waals surface area contributed by atoms with Crippen molar-refractivity contribution in [1.29, 1.82) is 0 Å². The molecule has 6 heteroatoms. The first kappa shape index (κ1) is 6.97. The Morgan fingerprint density at radius 2 is 2.20 bits per heavy atom. The maximum atomic E-state index is 10.4. The Bertz CT molecular complexity index is 190. The predicted octanol–water partition coefficient (Wildman–Crippen LogP) is -2.25. The largest absolute Gasteiger partial charge is 0.385 e. The van der Waals surface area contributed by atoms with Gasteiger partial charge in [0.25, 0.3) is 0 Å². The SMILES string of the molecule is NC1=NC(=O)NC(O)C1O. The molecule has 1 aliphatic heterocycles. The van der Waals surface area contributed by atoms with Gasteiger partial charge in [0.15, 0.2) is 12.3 Å². The van der Waals surface area contributed by atoms with Crippen molar-refractivity contribution < 1.29 is 15.0 Å². The molecule has 0 bridgehead atoms. The van der Waals surface area contributed by atoms with Gasteiger partial charge < -0.3 is 21.3 Å². The monoisotopic (exact) mass is 145 g/mol. The number of amidine groups is 1. The fraction of sp³-hybridized carbons (Fsp3) is 0.500. The van der Waals surface area contributed by atoms with E-state index in [1.165, 1.54) is 0 Å². The van der Waals surface area contributed by atoms with Crippen molar-refractivity contribution in [3.63, 3.8) is 0 Å². The Labute approximate surface area is 56.4 Å². The number of aliphatic hydroxyl groups excluding tert-OH is 2. The molecule has 0 aliphatic carbocycles. The fourth-order valence-electron chi connectivity index (χ4n) is 0.583. The maximum Gasteiger partial charge on any atom is 0.344 e. The van der Waals surface area contributed by atoms with Crippen molar-refractivity contribution >= 4 is 11.9 Å². The van der Waals surface area contributed by atoms with Gasteiger partial charge in [-0.3, -0.25) is 0 Å². The topological polar surface area (TPSA) is 108 Å². The van der Waals surface area contributed by atoms with Crippen LogP contribution in [0.25, 0.3) is 0 Å². The van der Waals surface area contributed by atoms with Gasteiger partial charge >= 0.3 is 6.03 Å². The number of nitrogens with one attached hydrogen (secondary N) is 1. The van der Waals surface area contributed by atoms with E-state index in [-0.39, 0.29) is 5.84 Å². The van der Waals surface area contributed by atoms with E-state index < -0.39 is 18.4 Å². The molecule has 6 nitrogen and oxygen atoms in total. The number of nitrogens with two attached hydrogens (primary N) is 1. The van der Waals surface area contributed by atoms with E-state index in [0.717, 1.165) is 0 Å². The summed E-state index contributed by atoms with van der Waals surface area (Å²) in [5.74, 6) is -0.267. The molecule has 56 valence electrons. The van der Waals surface area contributed by atoms with E-state index in [1.54, 1.807) is 0 Å². The van der Waals surface area contributed by atoms with Crippen LogP contribution in [-0.2, 0) is 0 Å². The molecule has 0 saturated heterocycles. The number of hydrogen-bond donors (Lipinski definition) is 4. The molecule has 2 atom stereocenters. The lowest BCUT2D eigenvalue weighted by Gasteiger charge is -2.21. The number of urea groups is 1. The van der Waals surface area contributed by atoms with Gasteiger partial charge in [0.1, 0.15) is 5.84 Å². The normalized spacial score (nSPS) is 33.0. The zero-order chi connectivity index (χ0) is 7.72. The first-order valence-electron chi connectivity index (χ1n) is 2.62. The van der Waals surface area contributed by atoms with Crippen molar-refractivity contribution in [2.45, 2.75) is 12.3 Å². The quantitative estimate of drug-likeness (QED) is 0.308. The summed E-state index contributed by atoms with van der Waals surface area (Å²) < 4.78 is 0. The molecular weight excluding hydrogens is 138 g/mol. The van der Waals surface area contributed by atoms with Gasteiger partial charge in [0.2, 0.25) is 0 Å². The molecule has 0 spiro atoms. The summed E-state index contributed by atoms with van der Waals surface area (Å²) in [6.07, 6.45) is -2.64. The number of carbonyl (C=O) groups is 1. The predicted molar refractivity (Wildman–Crippen MR) is 32.2 cm³/mol. The second-order valence-electron chi connectivity index (χ2n) is 1.88. The van der Waals surface area contributed by atoms with E-state index in [1.807, 2.05) is 5.32 Å². The molecule has 2 unspecified atom stereocenters. The summed E-state index contributed by atoms with van der Waals surface area (Å²) in [7, 11) is 0. The summed E-state index contributed by atoms with van der Waals surface area (Å²) in [4.78, 5) is 13.5. The van der Waals surface area contributed by atoms with Crippen LogP contribution in [0.1, 0.15) is 0 Å². The van der Waals surface area contributed by atoms with Crippen LogP contribution < -0.4 is 11.1 Å².